The van der Waals surface area contributed by atoms with Crippen molar-refractivity contribution >= 4 is 0 Å². The first-order chi connectivity index (χ1) is 3.69. The van der Waals surface area contributed by atoms with E-state index in [1.54, 1.807) is 0 Å². The van der Waals surface area contributed by atoms with Crippen LogP contribution in [0.15, 0.2) is 0 Å². The number of hydrogen-bond acceptors (Lipinski definition) is 1. The molecule has 1 rings (SSSR count). The molecule has 1 aliphatic rings. The summed E-state index contributed by atoms with van der Waals surface area (Å²) >= 11 is 0. The third kappa shape index (κ3) is 0.655. The van der Waals surface area contributed by atoms with E-state index in [0.29, 0.717) is 5.54 Å². The van der Waals surface area contributed by atoms with Crippen molar-refractivity contribution in [3.63, 3.8) is 0 Å². The largest absolute Gasteiger partial charge is 0.301 e. The summed E-state index contributed by atoms with van der Waals surface area (Å²) in [6.07, 6.45) is 2.68. The molecule has 1 atom stereocenters. The molecule has 1 aliphatic heterocycles. The fraction of sp³-hybridized carbons (Fsp3) is 1.00. The molecule has 1 nitrogen and oxygen atoms in total. The molecule has 1 unspecified atom stereocenters. The number of likely N-dealkylation sites (tertiary alicyclic amines) is 1. The molecule has 48 valence electrons. The van der Waals surface area contributed by atoms with Gasteiger partial charge in [-0.1, -0.05) is 6.92 Å². The van der Waals surface area contributed by atoms with Crippen LogP contribution in [0, 0.1) is 0 Å². The van der Waals surface area contributed by atoms with E-state index in [2.05, 4.69) is 25.8 Å². The van der Waals surface area contributed by atoms with Gasteiger partial charge < -0.3 is 4.90 Å². The summed E-state index contributed by atoms with van der Waals surface area (Å²) in [4.78, 5) is 2.42. The second kappa shape index (κ2) is 1.73. The highest BCUT2D eigenvalue weighted by molar-refractivity contribution is 4.92. The highest BCUT2D eigenvalue weighted by Crippen LogP contribution is 2.30. The van der Waals surface area contributed by atoms with Crippen LogP contribution in [0.5, 0.6) is 0 Å². The van der Waals surface area contributed by atoms with Crippen LogP contribution in [0.1, 0.15) is 26.7 Å². The topological polar surface area (TPSA) is 3.24 Å². The predicted molar refractivity (Wildman–Crippen MR) is 35.9 cm³/mol. The van der Waals surface area contributed by atoms with E-state index >= 15 is 0 Å². The molecule has 0 spiro atoms. The lowest BCUT2D eigenvalue weighted by Crippen LogP contribution is -2.54. The van der Waals surface area contributed by atoms with Gasteiger partial charge in [0.1, 0.15) is 0 Å². The molecule has 0 aromatic rings. The molecule has 1 saturated heterocycles. The minimum absolute atomic E-state index is 0.556. The minimum atomic E-state index is 0.556. The molecule has 0 bridgehead atoms. The zero-order valence-corrected chi connectivity index (χ0v) is 6.07. The fourth-order valence-electron chi connectivity index (χ4n) is 1.16. The van der Waals surface area contributed by atoms with Crippen molar-refractivity contribution in [2.75, 3.05) is 13.6 Å². The summed E-state index contributed by atoms with van der Waals surface area (Å²) in [6, 6.07) is 0. The molecule has 8 heavy (non-hydrogen) atoms. The van der Waals surface area contributed by atoms with Crippen LogP contribution in [0.4, 0.5) is 0 Å². The average Bonchev–Trinajstić information content (AvgIpc) is 1.83. The van der Waals surface area contributed by atoms with Crippen molar-refractivity contribution in [2.24, 2.45) is 0 Å². The van der Waals surface area contributed by atoms with Crippen LogP contribution < -0.4 is 0 Å². The van der Waals surface area contributed by atoms with Gasteiger partial charge in [0.05, 0.1) is 0 Å². The first kappa shape index (κ1) is 6.09. The van der Waals surface area contributed by atoms with Crippen molar-refractivity contribution in [2.45, 2.75) is 32.2 Å². The Morgan fingerprint density at radius 2 is 2.25 bits per heavy atom. The lowest BCUT2D eigenvalue weighted by molar-refractivity contribution is 0.0245. The predicted octanol–water partition coefficient (Wildman–Crippen LogP) is 1.49. The highest BCUT2D eigenvalue weighted by atomic mass is 15.2. The standard InChI is InChI=1S/C7H15N/c1-4-7(2)5-6-8(7)3/h4-6H2,1-3H3. The average molecular weight is 113 g/mol. The molecule has 0 saturated carbocycles. The molecule has 0 radical (unpaired) electrons. The third-order valence-corrected chi connectivity index (χ3v) is 2.67. The Kier molecular flexibility index (Phi) is 1.31. The van der Waals surface area contributed by atoms with Gasteiger partial charge in [-0.3, -0.25) is 0 Å². The van der Waals surface area contributed by atoms with E-state index < -0.39 is 0 Å². The molecule has 1 fully saturated rings. The zero-order valence-electron chi connectivity index (χ0n) is 6.07. The van der Waals surface area contributed by atoms with Gasteiger partial charge in [-0.25, -0.2) is 0 Å². The molecule has 0 amide bonds. The third-order valence-electron chi connectivity index (χ3n) is 2.67. The first-order valence-corrected chi connectivity index (χ1v) is 3.40. The van der Waals surface area contributed by atoms with E-state index in [4.69, 9.17) is 0 Å². The van der Waals surface area contributed by atoms with E-state index in [0.717, 1.165) is 0 Å². The maximum atomic E-state index is 2.42. The van der Waals surface area contributed by atoms with E-state index in [-0.39, 0.29) is 0 Å². The Balaban J connectivity index is 2.42. The molecule has 0 N–H and O–H groups in total. The maximum absolute atomic E-state index is 2.42. The van der Waals surface area contributed by atoms with Crippen molar-refractivity contribution in [1.82, 2.24) is 4.90 Å². The van der Waals surface area contributed by atoms with Crippen LogP contribution >= 0.6 is 0 Å². The van der Waals surface area contributed by atoms with Crippen LogP contribution in [0.25, 0.3) is 0 Å². The van der Waals surface area contributed by atoms with Crippen molar-refractivity contribution in [3.8, 4) is 0 Å². The van der Waals surface area contributed by atoms with E-state index in [9.17, 15) is 0 Å². The van der Waals surface area contributed by atoms with Crippen molar-refractivity contribution in [1.29, 1.82) is 0 Å². The van der Waals surface area contributed by atoms with Crippen LogP contribution in [0.2, 0.25) is 0 Å². The Bertz CT molecular complexity index is 86.4. The molecular formula is C7H15N. The highest BCUT2D eigenvalue weighted by Gasteiger charge is 2.34. The lowest BCUT2D eigenvalue weighted by atomic mass is 9.85. The van der Waals surface area contributed by atoms with Gasteiger partial charge >= 0.3 is 0 Å². The zero-order chi connectivity index (χ0) is 6.20. The number of hydrogen-bond donors (Lipinski definition) is 0. The first-order valence-electron chi connectivity index (χ1n) is 3.40. The van der Waals surface area contributed by atoms with Crippen LogP contribution in [-0.4, -0.2) is 24.0 Å². The van der Waals surface area contributed by atoms with E-state index in [1.165, 1.54) is 19.4 Å². The summed E-state index contributed by atoms with van der Waals surface area (Å²) in [5.74, 6) is 0. The molecule has 0 aromatic carbocycles. The number of rotatable bonds is 1. The summed E-state index contributed by atoms with van der Waals surface area (Å²) in [5.41, 5.74) is 0.556. The Hall–Kier alpha value is -0.0400. The molecule has 0 aromatic heterocycles. The second-order valence-corrected chi connectivity index (χ2v) is 3.02. The molecular weight excluding hydrogens is 98.1 g/mol. The Morgan fingerprint density at radius 3 is 2.25 bits per heavy atom. The Labute approximate surface area is 51.7 Å². The quantitative estimate of drug-likeness (QED) is 0.498. The lowest BCUT2D eigenvalue weighted by Gasteiger charge is -2.48. The van der Waals surface area contributed by atoms with Gasteiger partial charge in [0.2, 0.25) is 0 Å². The molecule has 1 heterocycles. The van der Waals surface area contributed by atoms with Gasteiger partial charge in [0.25, 0.3) is 0 Å². The van der Waals surface area contributed by atoms with Crippen molar-refractivity contribution in [3.05, 3.63) is 0 Å². The van der Waals surface area contributed by atoms with Crippen molar-refractivity contribution < 1.29 is 0 Å². The number of nitrogens with zero attached hydrogens (tertiary/aromatic N) is 1. The van der Waals surface area contributed by atoms with Gasteiger partial charge in [-0.05, 0) is 26.8 Å². The van der Waals surface area contributed by atoms with Crippen LogP contribution in [0.3, 0.4) is 0 Å². The van der Waals surface area contributed by atoms with Crippen LogP contribution in [-0.2, 0) is 0 Å². The minimum Gasteiger partial charge on any atom is -0.301 e. The summed E-state index contributed by atoms with van der Waals surface area (Å²) in [7, 11) is 2.20. The Morgan fingerprint density at radius 1 is 1.62 bits per heavy atom. The SMILES string of the molecule is CCC1(C)CCN1C. The summed E-state index contributed by atoms with van der Waals surface area (Å²) in [6.45, 7) is 5.89. The maximum Gasteiger partial charge on any atom is 0.0187 e. The summed E-state index contributed by atoms with van der Waals surface area (Å²) < 4.78 is 0. The van der Waals surface area contributed by atoms with Gasteiger partial charge in [0, 0.05) is 12.1 Å². The molecule has 0 aliphatic carbocycles. The van der Waals surface area contributed by atoms with Gasteiger partial charge in [-0.15, -0.1) is 0 Å². The second-order valence-electron chi connectivity index (χ2n) is 3.02. The van der Waals surface area contributed by atoms with Gasteiger partial charge in [0.15, 0.2) is 0 Å². The molecule has 1 heteroatoms. The van der Waals surface area contributed by atoms with Gasteiger partial charge in [-0.2, -0.15) is 0 Å². The normalized spacial score (nSPS) is 39.4. The van der Waals surface area contributed by atoms with E-state index in [1.807, 2.05) is 0 Å². The monoisotopic (exact) mass is 113 g/mol. The smallest absolute Gasteiger partial charge is 0.0187 e. The fourth-order valence-corrected chi connectivity index (χ4v) is 1.16. The summed E-state index contributed by atoms with van der Waals surface area (Å²) in [5, 5.41) is 0.